The Labute approximate surface area is 122 Å². The number of rotatable bonds is 6. The SMILES string of the molecule is CCNc1cc(N(CCO)C(C)C)nc(C(C)(C)C)n1. The van der Waals surface area contributed by atoms with E-state index in [2.05, 4.69) is 49.8 Å². The van der Waals surface area contributed by atoms with Gasteiger partial charge in [-0.2, -0.15) is 0 Å². The largest absolute Gasteiger partial charge is 0.395 e. The smallest absolute Gasteiger partial charge is 0.138 e. The monoisotopic (exact) mass is 280 g/mol. The molecule has 0 saturated heterocycles. The lowest BCUT2D eigenvalue weighted by molar-refractivity contribution is 0.298. The van der Waals surface area contributed by atoms with Crippen molar-refractivity contribution in [3.8, 4) is 0 Å². The minimum absolute atomic E-state index is 0.109. The second-order valence-corrected chi connectivity index (χ2v) is 6.23. The molecule has 0 bridgehead atoms. The molecule has 1 heterocycles. The van der Waals surface area contributed by atoms with Crippen molar-refractivity contribution in [1.82, 2.24) is 9.97 Å². The second kappa shape index (κ2) is 6.88. The maximum absolute atomic E-state index is 9.25. The average molecular weight is 280 g/mol. The fourth-order valence-corrected chi connectivity index (χ4v) is 1.93. The molecule has 0 saturated carbocycles. The Kier molecular flexibility index (Phi) is 5.74. The molecular formula is C15H28N4O. The van der Waals surface area contributed by atoms with Gasteiger partial charge in [-0.05, 0) is 20.8 Å². The number of hydrogen-bond donors (Lipinski definition) is 2. The highest BCUT2D eigenvalue weighted by molar-refractivity contribution is 5.50. The van der Waals surface area contributed by atoms with Gasteiger partial charge in [0.1, 0.15) is 17.5 Å². The van der Waals surface area contributed by atoms with Gasteiger partial charge < -0.3 is 15.3 Å². The number of nitrogens with zero attached hydrogens (tertiary/aromatic N) is 3. The lowest BCUT2D eigenvalue weighted by Gasteiger charge is -2.29. The third-order valence-electron chi connectivity index (χ3n) is 3.00. The van der Waals surface area contributed by atoms with Gasteiger partial charge in [0.2, 0.25) is 0 Å². The number of anilines is 2. The number of aliphatic hydroxyl groups excluding tert-OH is 1. The molecule has 1 aromatic heterocycles. The quantitative estimate of drug-likeness (QED) is 0.838. The van der Waals surface area contributed by atoms with E-state index in [0.29, 0.717) is 6.54 Å². The van der Waals surface area contributed by atoms with E-state index in [4.69, 9.17) is 4.98 Å². The summed E-state index contributed by atoms with van der Waals surface area (Å²) in [6, 6.07) is 2.23. The van der Waals surface area contributed by atoms with Crippen LogP contribution in [0.4, 0.5) is 11.6 Å². The minimum atomic E-state index is -0.109. The summed E-state index contributed by atoms with van der Waals surface area (Å²) >= 11 is 0. The average Bonchev–Trinajstić information content (AvgIpc) is 2.34. The predicted octanol–water partition coefficient (Wildman–Crippen LogP) is 2.41. The summed E-state index contributed by atoms with van der Waals surface area (Å²) in [5.41, 5.74) is -0.109. The van der Waals surface area contributed by atoms with Gasteiger partial charge in [0.25, 0.3) is 0 Å². The summed E-state index contributed by atoms with van der Waals surface area (Å²) in [4.78, 5) is 11.4. The molecule has 0 aliphatic heterocycles. The molecule has 114 valence electrons. The molecule has 0 atom stereocenters. The lowest BCUT2D eigenvalue weighted by atomic mass is 9.95. The maximum atomic E-state index is 9.25. The van der Waals surface area contributed by atoms with E-state index in [-0.39, 0.29) is 18.1 Å². The molecular weight excluding hydrogens is 252 g/mol. The third-order valence-corrected chi connectivity index (χ3v) is 3.00. The first kappa shape index (κ1) is 16.7. The van der Waals surface area contributed by atoms with Crippen molar-refractivity contribution >= 4 is 11.6 Å². The first-order valence-electron chi connectivity index (χ1n) is 7.30. The molecule has 1 aromatic rings. The zero-order chi connectivity index (χ0) is 15.3. The van der Waals surface area contributed by atoms with Crippen LogP contribution in [0.5, 0.6) is 0 Å². The Morgan fingerprint density at radius 2 is 1.95 bits per heavy atom. The molecule has 2 N–H and O–H groups in total. The van der Waals surface area contributed by atoms with Gasteiger partial charge in [-0.1, -0.05) is 20.8 Å². The number of aliphatic hydroxyl groups is 1. The normalized spacial score (nSPS) is 11.8. The molecule has 0 aliphatic rings. The molecule has 0 aliphatic carbocycles. The van der Waals surface area contributed by atoms with Gasteiger partial charge in [0.05, 0.1) is 6.61 Å². The summed E-state index contributed by atoms with van der Waals surface area (Å²) in [6.07, 6.45) is 0. The van der Waals surface area contributed by atoms with Crippen LogP contribution in [-0.2, 0) is 5.41 Å². The molecule has 0 aromatic carbocycles. The van der Waals surface area contributed by atoms with Gasteiger partial charge in [0.15, 0.2) is 0 Å². The van der Waals surface area contributed by atoms with Gasteiger partial charge >= 0.3 is 0 Å². The van der Waals surface area contributed by atoms with Crippen molar-refractivity contribution in [2.75, 3.05) is 29.9 Å². The van der Waals surface area contributed by atoms with Crippen LogP contribution in [0.15, 0.2) is 6.07 Å². The Balaban J connectivity index is 3.26. The Morgan fingerprint density at radius 3 is 2.40 bits per heavy atom. The van der Waals surface area contributed by atoms with E-state index in [1.165, 1.54) is 0 Å². The molecule has 5 heteroatoms. The summed E-state index contributed by atoms with van der Waals surface area (Å²) in [6.45, 7) is 14.1. The van der Waals surface area contributed by atoms with E-state index >= 15 is 0 Å². The lowest BCUT2D eigenvalue weighted by Crippen LogP contribution is -2.35. The Morgan fingerprint density at radius 1 is 1.30 bits per heavy atom. The number of hydrogen-bond acceptors (Lipinski definition) is 5. The zero-order valence-electron chi connectivity index (χ0n) is 13.6. The van der Waals surface area contributed by atoms with Crippen LogP contribution in [0, 0.1) is 0 Å². The van der Waals surface area contributed by atoms with Crippen molar-refractivity contribution in [3.63, 3.8) is 0 Å². The van der Waals surface area contributed by atoms with E-state index in [9.17, 15) is 5.11 Å². The first-order chi connectivity index (χ1) is 9.29. The van der Waals surface area contributed by atoms with Crippen molar-refractivity contribution in [1.29, 1.82) is 0 Å². The van der Waals surface area contributed by atoms with Crippen molar-refractivity contribution in [3.05, 3.63) is 11.9 Å². The van der Waals surface area contributed by atoms with Crippen LogP contribution in [0.1, 0.15) is 47.4 Å². The zero-order valence-corrected chi connectivity index (χ0v) is 13.6. The van der Waals surface area contributed by atoms with Gasteiger partial charge in [-0.3, -0.25) is 0 Å². The molecule has 0 fully saturated rings. The maximum Gasteiger partial charge on any atom is 0.138 e. The summed E-state index contributed by atoms with van der Waals surface area (Å²) in [7, 11) is 0. The molecule has 5 nitrogen and oxygen atoms in total. The highest BCUT2D eigenvalue weighted by Gasteiger charge is 2.21. The van der Waals surface area contributed by atoms with E-state index in [0.717, 1.165) is 24.0 Å². The predicted molar refractivity (Wildman–Crippen MR) is 84.5 cm³/mol. The van der Waals surface area contributed by atoms with Crippen LogP contribution in [0.2, 0.25) is 0 Å². The van der Waals surface area contributed by atoms with Crippen molar-refractivity contribution in [2.45, 2.75) is 53.0 Å². The Hall–Kier alpha value is -1.36. The molecule has 0 radical (unpaired) electrons. The topological polar surface area (TPSA) is 61.3 Å². The highest BCUT2D eigenvalue weighted by Crippen LogP contribution is 2.24. The van der Waals surface area contributed by atoms with Crippen molar-refractivity contribution < 1.29 is 5.11 Å². The van der Waals surface area contributed by atoms with Crippen LogP contribution >= 0.6 is 0 Å². The standard InChI is InChI=1S/C15H28N4O/c1-7-16-12-10-13(19(8-9-20)11(2)3)18-14(17-12)15(4,5)6/h10-11,20H,7-9H2,1-6H3,(H,16,17,18). The van der Waals surface area contributed by atoms with Gasteiger partial charge in [-0.25, -0.2) is 9.97 Å². The van der Waals surface area contributed by atoms with E-state index < -0.39 is 0 Å². The molecule has 1 rings (SSSR count). The van der Waals surface area contributed by atoms with Crippen LogP contribution < -0.4 is 10.2 Å². The Bertz CT molecular complexity index is 426. The molecule has 20 heavy (non-hydrogen) atoms. The van der Waals surface area contributed by atoms with Crippen LogP contribution in [0.25, 0.3) is 0 Å². The minimum Gasteiger partial charge on any atom is -0.395 e. The van der Waals surface area contributed by atoms with Crippen molar-refractivity contribution in [2.24, 2.45) is 0 Å². The van der Waals surface area contributed by atoms with E-state index in [1.54, 1.807) is 0 Å². The number of aromatic nitrogens is 2. The summed E-state index contributed by atoms with van der Waals surface area (Å²) in [5.74, 6) is 2.52. The fourth-order valence-electron chi connectivity index (χ4n) is 1.93. The summed E-state index contributed by atoms with van der Waals surface area (Å²) < 4.78 is 0. The highest BCUT2D eigenvalue weighted by atomic mass is 16.3. The summed E-state index contributed by atoms with van der Waals surface area (Å²) in [5, 5.41) is 12.5. The van der Waals surface area contributed by atoms with Gasteiger partial charge in [-0.15, -0.1) is 0 Å². The fraction of sp³-hybridized carbons (Fsp3) is 0.733. The van der Waals surface area contributed by atoms with Gasteiger partial charge in [0, 0.05) is 30.6 Å². The van der Waals surface area contributed by atoms with Crippen LogP contribution in [0.3, 0.4) is 0 Å². The number of nitrogens with one attached hydrogen (secondary N) is 1. The van der Waals surface area contributed by atoms with E-state index in [1.807, 2.05) is 13.0 Å². The second-order valence-electron chi connectivity index (χ2n) is 6.23. The molecule has 0 amide bonds. The first-order valence-corrected chi connectivity index (χ1v) is 7.30. The van der Waals surface area contributed by atoms with Crippen LogP contribution in [-0.4, -0.2) is 40.8 Å². The molecule has 0 spiro atoms. The molecule has 0 unspecified atom stereocenters. The third kappa shape index (κ3) is 4.34.